The summed E-state index contributed by atoms with van der Waals surface area (Å²) in [5.74, 6) is 0.759. The number of rotatable bonds is 4. The minimum absolute atomic E-state index is 0.0236. The zero-order chi connectivity index (χ0) is 13.1. The first-order valence-electron chi connectivity index (χ1n) is 6.15. The van der Waals surface area contributed by atoms with Crippen molar-refractivity contribution in [2.75, 3.05) is 13.2 Å². The third-order valence-electron chi connectivity index (χ3n) is 2.95. The van der Waals surface area contributed by atoms with Gasteiger partial charge in [0.1, 0.15) is 12.4 Å². The Morgan fingerprint density at radius 2 is 1.95 bits per heavy atom. The van der Waals surface area contributed by atoms with Crippen LogP contribution in [0.3, 0.4) is 0 Å². The Labute approximate surface area is 110 Å². The van der Waals surface area contributed by atoms with Gasteiger partial charge in [0.25, 0.3) is 0 Å². The van der Waals surface area contributed by atoms with Crippen LogP contribution in [0.4, 0.5) is 0 Å². The molecule has 0 bridgehead atoms. The molecule has 0 saturated carbocycles. The van der Waals surface area contributed by atoms with E-state index in [0.717, 1.165) is 22.4 Å². The summed E-state index contributed by atoms with van der Waals surface area (Å²) in [6, 6.07) is 13.8. The maximum atomic E-state index is 8.71. The van der Waals surface area contributed by atoms with Crippen molar-refractivity contribution in [2.45, 2.75) is 0 Å². The molecule has 0 saturated heterocycles. The van der Waals surface area contributed by atoms with E-state index in [0.29, 0.717) is 6.61 Å². The van der Waals surface area contributed by atoms with Gasteiger partial charge in [0.2, 0.25) is 0 Å². The van der Waals surface area contributed by atoms with E-state index in [4.69, 9.17) is 9.84 Å². The van der Waals surface area contributed by atoms with E-state index in [1.807, 2.05) is 59.4 Å². The van der Waals surface area contributed by atoms with Gasteiger partial charge >= 0.3 is 0 Å². The van der Waals surface area contributed by atoms with Gasteiger partial charge in [0.05, 0.1) is 18.3 Å². The Kier molecular flexibility index (Phi) is 3.16. The van der Waals surface area contributed by atoms with Crippen LogP contribution in [0, 0.1) is 0 Å². The molecule has 0 unspecified atom stereocenters. The van der Waals surface area contributed by atoms with Crippen LogP contribution in [0.15, 0.2) is 54.9 Å². The average molecular weight is 254 g/mol. The zero-order valence-corrected chi connectivity index (χ0v) is 10.4. The molecule has 2 heterocycles. The summed E-state index contributed by atoms with van der Waals surface area (Å²) in [6.07, 6.45) is 3.79. The Morgan fingerprint density at radius 1 is 1.11 bits per heavy atom. The van der Waals surface area contributed by atoms with Crippen LogP contribution in [-0.2, 0) is 0 Å². The van der Waals surface area contributed by atoms with Gasteiger partial charge in [-0.2, -0.15) is 5.10 Å². The predicted molar refractivity (Wildman–Crippen MR) is 73.2 cm³/mol. The number of aromatic nitrogens is 2. The van der Waals surface area contributed by atoms with E-state index < -0.39 is 0 Å². The fourth-order valence-corrected chi connectivity index (χ4v) is 2.05. The lowest BCUT2D eigenvalue weighted by Crippen LogP contribution is -2.01. The van der Waals surface area contributed by atoms with Crippen LogP contribution >= 0.6 is 0 Å². The van der Waals surface area contributed by atoms with Gasteiger partial charge in [0.15, 0.2) is 0 Å². The van der Waals surface area contributed by atoms with Crippen molar-refractivity contribution >= 4 is 5.52 Å². The first-order chi connectivity index (χ1) is 9.38. The van der Waals surface area contributed by atoms with Crippen molar-refractivity contribution in [1.82, 2.24) is 9.61 Å². The zero-order valence-electron chi connectivity index (χ0n) is 10.4. The molecule has 96 valence electrons. The molecule has 19 heavy (non-hydrogen) atoms. The molecule has 0 atom stereocenters. The molecule has 0 fully saturated rings. The van der Waals surface area contributed by atoms with Gasteiger partial charge in [0, 0.05) is 11.8 Å². The molecule has 3 rings (SSSR count). The van der Waals surface area contributed by atoms with Gasteiger partial charge in [-0.15, -0.1) is 0 Å². The number of aliphatic hydroxyl groups is 1. The SMILES string of the molecule is OCCOc1ccc(-c2cnn3ccccc23)cc1. The number of ether oxygens (including phenoxy) is 1. The van der Waals surface area contributed by atoms with Crippen molar-refractivity contribution in [3.05, 3.63) is 54.9 Å². The van der Waals surface area contributed by atoms with Gasteiger partial charge in [-0.1, -0.05) is 18.2 Å². The maximum Gasteiger partial charge on any atom is 0.119 e. The van der Waals surface area contributed by atoms with Crippen molar-refractivity contribution < 1.29 is 9.84 Å². The predicted octanol–water partition coefficient (Wildman–Crippen LogP) is 2.37. The van der Waals surface area contributed by atoms with Gasteiger partial charge < -0.3 is 9.84 Å². The fourth-order valence-electron chi connectivity index (χ4n) is 2.05. The summed E-state index contributed by atoms with van der Waals surface area (Å²) in [4.78, 5) is 0. The normalized spacial score (nSPS) is 10.8. The number of nitrogens with zero attached hydrogens (tertiary/aromatic N) is 2. The van der Waals surface area contributed by atoms with E-state index in [9.17, 15) is 0 Å². The summed E-state index contributed by atoms with van der Waals surface area (Å²) >= 11 is 0. The van der Waals surface area contributed by atoms with E-state index in [1.165, 1.54) is 0 Å². The Balaban J connectivity index is 1.93. The van der Waals surface area contributed by atoms with Crippen molar-refractivity contribution in [1.29, 1.82) is 0 Å². The first kappa shape index (κ1) is 11.7. The Hall–Kier alpha value is -2.33. The highest BCUT2D eigenvalue weighted by atomic mass is 16.5. The minimum atomic E-state index is 0.0236. The molecule has 0 spiro atoms. The van der Waals surface area contributed by atoms with E-state index >= 15 is 0 Å². The monoisotopic (exact) mass is 254 g/mol. The summed E-state index contributed by atoms with van der Waals surface area (Å²) in [7, 11) is 0. The van der Waals surface area contributed by atoms with E-state index in [2.05, 4.69) is 5.10 Å². The van der Waals surface area contributed by atoms with Crippen LogP contribution in [0.25, 0.3) is 16.6 Å². The van der Waals surface area contributed by atoms with Crippen LogP contribution in [0.2, 0.25) is 0 Å². The second-order valence-electron chi connectivity index (χ2n) is 4.19. The van der Waals surface area contributed by atoms with Crippen molar-refractivity contribution in [2.24, 2.45) is 0 Å². The largest absolute Gasteiger partial charge is 0.491 e. The molecular weight excluding hydrogens is 240 g/mol. The standard InChI is InChI=1S/C15H14N2O2/c18-9-10-19-13-6-4-12(5-7-13)14-11-16-17-8-2-1-3-15(14)17/h1-8,11,18H,9-10H2. The number of hydrogen-bond donors (Lipinski definition) is 1. The molecule has 2 aromatic heterocycles. The summed E-state index contributed by atoms with van der Waals surface area (Å²) in [5.41, 5.74) is 3.26. The molecule has 0 aliphatic carbocycles. The second kappa shape index (κ2) is 5.12. The quantitative estimate of drug-likeness (QED) is 0.777. The Bertz CT molecular complexity index is 674. The lowest BCUT2D eigenvalue weighted by atomic mass is 10.1. The molecular formula is C15H14N2O2. The van der Waals surface area contributed by atoms with E-state index in [-0.39, 0.29) is 6.61 Å². The van der Waals surface area contributed by atoms with Crippen LogP contribution < -0.4 is 4.74 Å². The number of benzene rings is 1. The second-order valence-corrected chi connectivity index (χ2v) is 4.19. The number of aliphatic hydroxyl groups excluding tert-OH is 1. The smallest absolute Gasteiger partial charge is 0.119 e. The molecule has 4 heteroatoms. The van der Waals surface area contributed by atoms with Gasteiger partial charge in [-0.05, 0) is 29.8 Å². The fraction of sp³-hybridized carbons (Fsp3) is 0.133. The molecule has 1 aromatic carbocycles. The number of pyridine rings is 1. The minimum Gasteiger partial charge on any atom is -0.491 e. The topological polar surface area (TPSA) is 46.8 Å². The summed E-state index contributed by atoms with van der Waals surface area (Å²) in [5, 5.41) is 13.0. The molecule has 0 aliphatic rings. The van der Waals surface area contributed by atoms with E-state index in [1.54, 1.807) is 0 Å². The van der Waals surface area contributed by atoms with Crippen LogP contribution in [0.5, 0.6) is 5.75 Å². The maximum absolute atomic E-state index is 8.71. The van der Waals surface area contributed by atoms with Crippen LogP contribution in [0.1, 0.15) is 0 Å². The third-order valence-corrected chi connectivity index (χ3v) is 2.95. The van der Waals surface area contributed by atoms with Crippen LogP contribution in [-0.4, -0.2) is 27.9 Å². The summed E-state index contributed by atoms with van der Waals surface area (Å²) < 4.78 is 7.20. The number of hydrogen-bond acceptors (Lipinski definition) is 3. The van der Waals surface area contributed by atoms with Gasteiger partial charge in [-0.25, -0.2) is 4.52 Å². The third kappa shape index (κ3) is 2.30. The Morgan fingerprint density at radius 3 is 2.74 bits per heavy atom. The highest BCUT2D eigenvalue weighted by Gasteiger charge is 2.05. The first-order valence-corrected chi connectivity index (χ1v) is 6.15. The molecule has 3 aromatic rings. The lowest BCUT2D eigenvalue weighted by Gasteiger charge is -2.05. The molecule has 0 radical (unpaired) electrons. The number of fused-ring (bicyclic) bond motifs is 1. The highest BCUT2D eigenvalue weighted by Crippen LogP contribution is 2.26. The van der Waals surface area contributed by atoms with Crippen molar-refractivity contribution in [3.8, 4) is 16.9 Å². The molecule has 0 amide bonds. The average Bonchev–Trinajstić information content (AvgIpc) is 2.90. The molecule has 1 N–H and O–H groups in total. The molecule has 4 nitrogen and oxygen atoms in total. The highest BCUT2D eigenvalue weighted by molar-refractivity contribution is 5.79. The lowest BCUT2D eigenvalue weighted by molar-refractivity contribution is 0.201. The van der Waals surface area contributed by atoms with Crippen molar-refractivity contribution in [3.63, 3.8) is 0 Å². The molecule has 0 aliphatic heterocycles. The summed E-state index contributed by atoms with van der Waals surface area (Å²) in [6.45, 7) is 0.339. The van der Waals surface area contributed by atoms with Gasteiger partial charge in [-0.3, -0.25) is 0 Å².